The van der Waals surface area contributed by atoms with E-state index in [1.165, 1.54) is 16.0 Å². The first kappa shape index (κ1) is 15.5. The van der Waals surface area contributed by atoms with Crippen LogP contribution in [-0.2, 0) is 6.42 Å². The van der Waals surface area contributed by atoms with E-state index in [-0.39, 0.29) is 6.04 Å². The summed E-state index contributed by atoms with van der Waals surface area (Å²) in [6, 6.07) is 10.8. The first-order valence-corrected chi connectivity index (χ1v) is 8.22. The molecule has 20 heavy (non-hydrogen) atoms. The Hall–Kier alpha value is -0.840. The number of halogens is 1. The van der Waals surface area contributed by atoms with Gasteiger partial charge in [0.05, 0.1) is 0 Å². The van der Waals surface area contributed by atoms with Gasteiger partial charge in [0, 0.05) is 21.1 Å². The number of nitrogens with two attached hydrogens (primary N) is 1. The predicted octanol–water partition coefficient (Wildman–Crippen LogP) is 4.50. The molecular formula is C16H19BrN2S. The van der Waals surface area contributed by atoms with E-state index in [1.54, 1.807) is 11.8 Å². The third kappa shape index (κ3) is 4.33. The van der Waals surface area contributed by atoms with E-state index in [1.807, 2.05) is 13.8 Å². The summed E-state index contributed by atoms with van der Waals surface area (Å²) in [5, 5.41) is 1.04. The molecule has 0 saturated heterocycles. The van der Waals surface area contributed by atoms with Gasteiger partial charge < -0.3 is 5.73 Å². The zero-order valence-corrected chi connectivity index (χ0v) is 14.4. The van der Waals surface area contributed by atoms with Crippen LogP contribution in [0.5, 0.6) is 0 Å². The normalized spacial score (nSPS) is 12.4. The van der Waals surface area contributed by atoms with Crippen molar-refractivity contribution in [2.24, 2.45) is 5.73 Å². The molecule has 0 spiro atoms. The molecule has 0 saturated carbocycles. The van der Waals surface area contributed by atoms with Crippen molar-refractivity contribution in [2.75, 3.05) is 0 Å². The molecular weight excluding hydrogens is 332 g/mol. The number of pyridine rings is 1. The van der Waals surface area contributed by atoms with Crippen LogP contribution in [0.15, 0.2) is 44.7 Å². The Morgan fingerprint density at radius 2 is 2.00 bits per heavy atom. The summed E-state index contributed by atoms with van der Waals surface area (Å²) in [5.41, 5.74) is 9.40. The number of hydrogen-bond acceptors (Lipinski definition) is 3. The number of aromatic nitrogens is 1. The van der Waals surface area contributed by atoms with Crippen LogP contribution in [0.3, 0.4) is 0 Å². The Labute approximate surface area is 133 Å². The Morgan fingerprint density at radius 3 is 2.60 bits per heavy atom. The highest BCUT2D eigenvalue weighted by Crippen LogP contribution is 2.31. The summed E-state index contributed by atoms with van der Waals surface area (Å²) in [7, 11) is 0. The molecule has 0 bridgehead atoms. The molecule has 0 amide bonds. The minimum atomic E-state index is 0.172. The van der Waals surface area contributed by atoms with Gasteiger partial charge in [-0.1, -0.05) is 33.8 Å². The van der Waals surface area contributed by atoms with Crippen LogP contribution in [0.4, 0.5) is 0 Å². The fourth-order valence-electron chi connectivity index (χ4n) is 2.08. The first-order chi connectivity index (χ1) is 9.44. The summed E-state index contributed by atoms with van der Waals surface area (Å²) in [4.78, 5) is 5.74. The van der Waals surface area contributed by atoms with E-state index >= 15 is 0 Å². The van der Waals surface area contributed by atoms with Crippen LogP contribution in [0.2, 0.25) is 0 Å². The Kier molecular flexibility index (Phi) is 5.24. The number of rotatable bonds is 4. The third-order valence-electron chi connectivity index (χ3n) is 2.86. The van der Waals surface area contributed by atoms with Crippen molar-refractivity contribution in [1.29, 1.82) is 0 Å². The highest BCUT2D eigenvalue weighted by atomic mass is 79.9. The van der Waals surface area contributed by atoms with Gasteiger partial charge in [-0.25, -0.2) is 4.98 Å². The summed E-state index contributed by atoms with van der Waals surface area (Å²) >= 11 is 5.31. The molecule has 2 N–H and O–H groups in total. The molecule has 1 aromatic heterocycles. The van der Waals surface area contributed by atoms with Gasteiger partial charge in [-0.15, -0.1) is 0 Å². The predicted molar refractivity (Wildman–Crippen MR) is 89.3 cm³/mol. The molecule has 0 aliphatic rings. The SMILES string of the molecule is Cc1cc(C)nc(Sc2ccc(CC(C)N)c(Br)c2)c1. The molecule has 1 aromatic carbocycles. The maximum absolute atomic E-state index is 5.85. The number of aryl methyl sites for hydroxylation is 2. The maximum Gasteiger partial charge on any atom is 0.101 e. The molecule has 2 nitrogen and oxygen atoms in total. The highest BCUT2D eigenvalue weighted by molar-refractivity contribution is 9.10. The van der Waals surface area contributed by atoms with Crippen molar-refractivity contribution in [3.05, 3.63) is 51.6 Å². The second kappa shape index (κ2) is 6.74. The Balaban J connectivity index is 2.19. The zero-order valence-electron chi connectivity index (χ0n) is 12.0. The van der Waals surface area contributed by atoms with Gasteiger partial charge in [0.25, 0.3) is 0 Å². The van der Waals surface area contributed by atoms with E-state index in [0.717, 1.165) is 21.6 Å². The van der Waals surface area contributed by atoms with Gasteiger partial charge >= 0.3 is 0 Å². The zero-order chi connectivity index (χ0) is 14.7. The van der Waals surface area contributed by atoms with E-state index < -0.39 is 0 Å². The number of nitrogens with zero attached hydrogens (tertiary/aromatic N) is 1. The van der Waals surface area contributed by atoms with Crippen LogP contribution in [0.1, 0.15) is 23.7 Å². The summed E-state index contributed by atoms with van der Waals surface area (Å²) < 4.78 is 1.11. The molecule has 1 heterocycles. The average Bonchev–Trinajstić information content (AvgIpc) is 2.31. The molecule has 106 valence electrons. The fourth-order valence-corrected chi connectivity index (χ4v) is 3.76. The van der Waals surface area contributed by atoms with Gasteiger partial charge in [0.15, 0.2) is 0 Å². The van der Waals surface area contributed by atoms with E-state index in [0.29, 0.717) is 0 Å². The van der Waals surface area contributed by atoms with Crippen LogP contribution in [-0.4, -0.2) is 11.0 Å². The minimum absolute atomic E-state index is 0.172. The average molecular weight is 351 g/mol. The molecule has 1 unspecified atom stereocenters. The van der Waals surface area contributed by atoms with Crippen molar-refractivity contribution in [3.63, 3.8) is 0 Å². The summed E-state index contributed by atoms with van der Waals surface area (Å²) in [6.45, 7) is 6.15. The van der Waals surface area contributed by atoms with E-state index in [4.69, 9.17) is 5.73 Å². The van der Waals surface area contributed by atoms with Crippen molar-refractivity contribution < 1.29 is 0 Å². The second-order valence-corrected chi connectivity index (χ2v) is 7.11. The third-order valence-corrected chi connectivity index (χ3v) is 4.51. The van der Waals surface area contributed by atoms with Gasteiger partial charge in [-0.05, 0) is 62.6 Å². The van der Waals surface area contributed by atoms with Gasteiger partial charge in [0.2, 0.25) is 0 Å². The largest absolute Gasteiger partial charge is 0.328 e. The Morgan fingerprint density at radius 1 is 1.25 bits per heavy atom. The van der Waals surface area contributed by atoms with Crippen LogP contribution in [0, 0.1) is 13.8 Å². The molecule has 0 aliphatic carbocycles. The van der Waals surface area contributed by atoms with Gasteiger partial charge in [-0.3, -0.25) is 0 Å². The highest BCUT2D eigenvalue weighted by Gasteiger charge is 2.06. The summed E-state index contributed by atoms with van der Waals surface area (Å²) in [5.74, 6) is 0. The van der Waals surface area contributed by atoms with Gasteiger partial charge in [0.1, 0.15) is 5.03 Å². The topological polar surface area (TPSA) is 38.9 Å². The number of hydrogen-bond donors (Lipinski definition) is 1. The molecule has 0 aliphatic heterocycles. The van der Waals surface area contributed by atoms with Crippen molar-refractivity contribution in [2.45, 2.75) is 43.2 Å². The first-order valence-electron chi connectivity index (χ1n) is 6.61. The van der Waals surface area contributed by atoms with Gasteiger partial charge in [-0.2, -0.15) is 0 Å². The fraction of sp³-hybridized carbons (Fsp3) is 0.312. The quantitative estimate of drug-likeness (QED) is 0.881. The van der Waals surface area contributed by atoms with Crippen molar-refractivity contribution in [1.82, 2.24) is 4.98 Å². The molecule has 2 rings (SSSR count). The standard InChI is InChI=1S/C16H19BrN2S/c1-10-6-12(3)19-16(7-10)20-14-5-4-13(8-11(2)18)15(17)9-14/h4-7,9,11H,8,18H2,1-3H3. The van der Waals surface area contributed by atoms with E-state index in [2.05, 4.69) is 58.2 Å². The molecule has 1 atom stereocenters. The lowest BCUT2D eigenvalue weighted by Gasteiger charge is -2.10. The van der Waals surface area contributed by atoms with Crippen LogP contribution < -0.4 is 5.73 Å². The van der Waals surface area contributed by atoms with E-state index in [9.17, 15) is 0 Å². The summed E-state index contributed by atoms with van der Waals surface area (Å²) in [6.07, 6.45) is 0.882. The van der Waals surface area contributed by atoms with Crippen LogP contribution in [0.25, 0.3) is 0 Å². The number of benzene rings is 1. The molecule has 0 radical (unpaired) electrons. The van der Waals surface area contributed by atoms with Crippen LogP contribution >= 0.6 is 27.7 Å². The lowest BCUT2D eigenvalue weighted by Crippen LogP contribution is -2.17. The van der Waals surface area contributed by atoms with Crippen molar-refractivity contribution in [3.8, 4) is 0 Å². The lowest BCUT2D eigenvalue weighted by atomic mass is 10.1. The smallest absolute Gasteiger partial charge is 0.101 e. The minimum Gasteiger partial charge on any atom is -0.328 e. The molecule has 0 fully saturated rings. The van der Waals surface area contributed by atoms with Crippen molar-refractivity contribution >= 4 is 27.7 Å². The monoisotopic (exact) mass is 350 g/mol. The molecule has 2 aromatic rings. The second-order valence-electron chi connectivity index (χ2n) is 5.16. The molecule has 4 heteroatoms. The lowest BCUT2D eigenvalue weighted by molar-refractivity contribution is 0.735. The maximum atomic E-state index is 5.85. The Bertz CT molecular complexity index is 591.